The highest BCUT2D eigenvalue weighted by Gasteiger charge is 2.12. The molecule has 0 fully saturated rings. The van der Waals surface area contributed by atoms with Crippen LogP contribution in [0.1, 0.15) is 5.56 Å². The average Bonchev–Trinajstić information content (AvgIpc) is 2.47. The second kappa shape index (κ2) is 6.02. The molecule has 3 aromatic rings. The van der Waals surface area contributed by atoms with Crippen LogP contribution in [-0.4, -0.2) is 5.11 Å². The molecule has 5 nitrogen and oxygen atoms in total. The van der Waals surface area contributed by atoms with E-state index >= 15 is 0 Å². The van der Waals surface area contributed by atoms with Crippen molar-refractivity contribution >= 4 is 45.5 Å². The van der Waals surface area contributed by atoms with Crippen molar-refractivity contribution in [2.75, 3.05) is 0 Å². The van der Waals surface area contributed by atoms with Crippen LogP contribution < -0.4 is 5.63 Å². The smallest absolute Gasteiger partial charge is 0.336 e. The van der Waals surface area contributed by atoms with Gasteiger partial charge in [-0.05, 0) is 42.8 Å². The number of phenols is 1. The fourth-order valence-electron chi connectivity index (χ4n) is 2.12. The van der Waals surface area contributed by atoms with Crippen molar-refractivity contribution in [3.8, 4) is 5.75 Å². The predicted molar refractivity (Wildman–Crippen MR) is 89.5 cm³/mol. The van der Waals surface area contributed by atoms with Gasteiger partial charge in [0.05, 0.1) is 5.02 Å². The zero-order chi connectivity index (χ0) is 16.6. The zero-order valence-electron chi connectivity index (χ0n) is 11.9. The van der Waals surface area contributed by atoms with E-state index in [2.05, 4.69) is 10.2 Å². The Kier molecular flexibility index (Phi) is 4.07. The van der Waals surface area contributed by atoms with Gasteiger partial charge in [0.15, 0.2) is 11.3 Å². The van der Waals surface area contributed by atoms with E-state index in [0.717, 1.165) is 5.56 Å². The lowest BCUT2D eigenvalue weighted by Crippen LogP contribution is -1.97. The fraction of sp³-hybridized carbons (Fsp3) is 0.0625. The highest BCUT2D eigenvalue weighted by molar-refractivity contribution is 6.36. The minimum absolute atomic E-state index is 0.0642. The summed E-state index contributed by atoms with van der Waals surface area (Å²) in [4.78, 5) is 11.6. The molecule has 2 aromatic carbocycles. The number of hydrogen-bond donors (Lipinski definition) is 1. The summed E-state index contributed by atoms with van der Waals surface area (Å²) in [6.45, 7) is 1.77. The van der Waals surface area contributed by atoms with E-state index in [1.165, 1.54) is 18.2 Å². The summed E-state index contributed by atoms with van der Waals surface area (Å²) in [6.07, 6.45) is 0. The lowest BCUT2D eigenvalue weighted by molar-refractivity contribution is 0.474. The van der Waals surface area contributed by atoms with Gasteiger partial charge >= 0.3 is 5.63 Å². The first-order valence-electron chi connectivity index (χ1n) is 6.59. The van der Waals surface area contributed by atoms with Gasteiger partial charge in [0, 0.05) is 16.5 Å². The Morgan fingerprint density at radius 3 is 2.61 bits per heavy atom. The van der Waals surface area contributed by atoms with E-state index < -0.39 is 5.63 Å². The van der Waals surface area contributed by atoms with Gasteiger partial charge in [-0.1, -0.05) is 23.2 Å². The van der Waals surface area contributed by atoms with Crippen LogP contribution in [0.3, 0.4) is 0 Å². The molecule has 3 rings (SSSR count). The van der Waals surface area contributed by atoms with E-state index in [-0.39, 0.29) is 17.0 Å². The standard InChI is InChI=1S/C16H10Cl2N2O3/c1-8-6-14(22)23-16-10(8)3-5-13(21)15(16)20-19-12-4-2-9(17)7-11(12)18/h2-7,21H,1H3. The summed E-state index contributed by atoms with van der Waals surface area (Å²) in [7, 11) is 0. The molecule has 0 aliphatic rings. The van der Waals surface area contributed by atoms with E-state index in [1.807, 2.05) is 0 Å². The number of benzene rings is 2. The van der Waals surface area contributed by atoms with Crippen LogP contribution in [0.25, 0.3) is 11.0 Å². The van der Waals surface area contributed by atoms with Crippen molar-refractivity contribution in [2.45, 2.75) is 6.92 Å². The summed E-state index contributed by atoms with van der Waals surface area (Å²) < 4.78 is 5.17. The number of hydrogen-bond acceptors (Lipinski definition) is 5. The fourth-order valence-corrected chi connectivity index (χ4v) is 2.57. The van der Waals surface area contributed by atoms with Crippen LogP contribution in [0.2, 0.25) is 10.0 Å². The van der Waals surface area contributed by atoms with Crippen molar-refractivity contribution in [3.63, 3.8) is 0 Å². The molecule has 1 heterocycles. The maximum absolute atomic E-state index is 11.6. The lowest BCUT2D eigenvalue weighted by Gasteiger charge is -2.04. The van der Waals surface area contributed by atoms with Crippen LogP contribution in [-0.2, 0) is 0 Å². The van der Waals surface area contributed by atoms with Crippen LogP contribution in [0.15, 0.2) is 55.8 Å². The number of aryl methyl sites for hydroxylation is 1. The Hall–Kier alpha value is -2.37. The van der Waals surface area contributed by atoms with E-state index in [1.54, 1.807) is 25.1 Å². The van der Waals surface area contributed by atoms with Gasteiger partial charge in [-0.2, -0.15) is 0 Å². The third kappa shape index (κ3) is 3.06. The van der Waals surface area contributed by atoms with Gasteiger partial charge in [0.2, 0.25) is 0 Å². The molecule has 0 bridgehead atoms. The SMILES string of the molecule is Cc1cc(=O)oc2c(N=Nc3ccc(Cl)cc3Cl)c(O)ccc12. The van der Waals surface area contributed by atoms with Crippen molar-refractivity contribution in [1.82, 2.24) is 0 Å². The largest absolute Gasteiger partial charge is 0.505 e. The van der Waals surface area contributed by atoms with E-state index in [0.29, 0.717) is 21.1 Å². The van der Waals surface area contributed by atoms with Crippen molar-refractivity contribution in [2.24, 2.45) is 10.2 Å². The summed E-state index contributed by atoms with van der Waals surface area (Å²) in [6, 6.07) is 9.23. The van der Waals surface area contributed by atoms with Crippen LogP contribution in [0, 0.1) is 6.92 Å². The average molecular weight is 349 g/mol. The number of halogens is 2. The van der Waals surface area contributed by atoms with Crippen molar-refractivity contribution in [3.05, 3.63) is 62.4 Å². The molecule has 0 spiro atoms. The molecule has 0 unspecified atom stereocenters. The van der Waals surface area contributed by atoms with E-state index in [4.69, 9.17) is 27.6 Å². The van der Waals surface area contributed by atoms with Crippen LogP contribution >= 0.6 is 23.2 Å². The summed E-state index contributed by atoms with van der Waals surface area (Å²) >= 11 is 11.9. The third-order valence-corrected chi connectivity index (χ3v) is 3.78. The summed E-state index contributed by atoms with van der Waals surface area (Å²) in [5, 5.41) is 19.5. The number of fused-ring (bicyclic) bond motifs is 1. The molecule has 1 N–H and O–H groups in total. The monoisotopic (exact) mass is 348 g/mol. The van der Waals surface area contributed by atoms with Gasteiger partial charge < -0.3 is 9.52 Å². The number of nitrogens with zero attached hydrogens (tertiary/aromatic N) is 2. The van der Waals surface area contributed by atoms with Crippen LogP contribution in [0.5, 0.6) is 5.75 Å². The first-order chi connectivity index (χ1) is 11.0. The quantitative estimate of drug-likeness (QED) is 0.488. The van der Waals surface area contributed by atoms with Gasteiger partial charge in [0.1, 0.15) is 11.4 Å². The van der Waals surface area contributed by atoms with Gasteiger partial charge in [-0.25, -0.2) is 4.79 Å². The molecule has 0 saturated carbocycles. The van der Waals surface area contributed by atoms with Crippen molar-refractivity contribution < 1.29 is 9.52 Å². The van der Waals surface area contributed by atoms with Gasteiger partial charge in [-0.15, -0.1) is 10.2 Å². The summed E-state index contributed by atoms with van der Waals surface area (Å²) in [5.74, 6) is -0.153. The highest BCUT2D eigenvalue weighted by atomic mass is 35.5. The Balaban J connectivity index is 2.17. The second-order valence-corrected chi connectivity index (χ2v) is 5.70. The minimum atomic E-state index is -0.526. The molecular formula is C16H10Cl2N2O3. The molecule has 23 heavy (non-hydrogen) atoms. The molecular weight excluding hydrogens is 339 g/mol. The molecule has 0 amide bonds. The Morgan fingerprint density at radius 2 is 1.87 bits per heavy atom. The predicted octanol–water partition coefficient (Wildman–Crippen LogP) is 5.53. The maximum Gasteiger partial charge on any atom is 0.336 e. The Morgan fingerprint density at radius 1 is 1.09 bits per heavy atom. The topological polar surface area (TPSA) is 75.2 Å². The second-order valence-electron chi connectivity index (χ2n) is 4.85. The third-order valence-electron chi connectivity index (χ3n) is 3.24. The van der Waals surface area contributed by atoms with Crippen LogP contribution in [0.4, 0.5) is 11.4 Å². The number of phenolic OH excluding ortho intramolecular Hbond substituents is 1. The number of aromatic hydroxyl groups is 1. The molecule has 0 aliphatic heterocycles. The molecule has 0 radical (unpaired) electrons. The first kappa shape index (κ1) is 15.5. The molecule has 116 valence electrons. The molecule has 0 saturated heterocycles. The first-order valence-corrected chi connectivity index (χ1v) is 7.34. The van der Waals surface area contributed by atoms with Gasteiger partial charge in [-0.3, -0.25) is 0 Å². The maximum atomic E-state index is 11.6. The molecule has 0 atom stereocenters. The summed E-state index contributed by atoms with van der Waals surface area (Å²) in [5.41, 5.74) is 0.805. The molecule has 7 heteroatoms. The van der Waals surface area contributed by atoms with Gasteiger partial charge in [0.25, 0.3) is 0 Å². The minimum Gasteiger partial charge on any atom is -0.505 e. The van der Waals surface area contributed by atoms with Crippen molar-refractivity contribution in [1.29, 1.82) is 0 Å². The Labute approximate surface area is 140 Å². The molecule has 1 aromatic heterocycles. The Bertz CT molecular complexity index is 997. The zero-order valence-corrected chi connectivity index (χ0v) is 13.4. The number of azo groups is 1. The molecule has 0 aliphatic carbocycles. The number of rotatable bonds is 2. The van der Waals surface area contributed by atoms with E-state index in [9.17, 15) is 9.90 Å². The lowest BCUT2D eigenvalue weighted by atomic mass is 10.1. The normalized spacial score (nSPS) is 11.4. The highest BCUT2D eigenvalue weighted by Crippen LogP contribution is 2.37.